The number of hydrogen-bond donors (Lipinski definition) is 0. The molecular formula is C11H11ClN2O2S. The summed E-state index contributed by atoms with van der Waals surface area (Å²) >= 11 is 7.53. The van der Waals surface area contributed by atoms with E-state index in [0.29, 0.717) is 9.82 Å². The summed E-state index contributed by atoms with van der Waals surface area (Å²) in [6.07, 6.45) is 0. The van der Waals surface area contributed by atoms with Gasteiger partial charge in [0.1, 0.15) is 5.75 Å². The standard InChI is InChI=1S/C11H11ClN2O2S/c1-6(15)13-11-14(2)9-7(12)4-5-8(16-3)10(9)17-11/h4-5H,1-3H3. The summed E-state index contributed by atoms with van der Waals surface area (Å²) in [4.78, 5) is 15.6. The molecule has 0 N–H and O–H groups in total. The lowest BCUT2D eigenvalue weighted by Gasteiger charge is -2.03. The molecule has 90 valence electrons. The predicted octanol–water partition coefficient (Wildman–Crippen LogP) is 2.35. The zero-order valence-corrected chi connectivity index (χ0v) is 11.2. The molecule has 2 rings (SSSR count). The van der Waals surface area contributed by atoms with Crippen LogP contribution in [-0.2, 0) is 11.8 Å². The molecule has 0 radical (unpaired) electrons. The van der Waals surface area contributed by atoms with Gasteiger partial charge in [0.25, 0.3) is 0 Å². The average molecular weight is 271 g/mol. The number of carbonyl (C=O) groups is 1. The van der Waals surface area contributed by atoms with Gasteiger partial charge >= 0.3 is 0 Å². The summed E-state index contributed by atoms with van der Waals surface area (Å²) in [6.45, 7) is 1.42. The number of thiazole rings is 1. The van der Waals surface area contributed by atoms with Crippen molar-refractivity contribution in [1.29, 1.82) is 0 Å². The minimum Gasteiger partial charge on any atom is -0.495 e. The maximum Gasteiger partial charge on any atom is 0.245 e. The molecule has 0 fully saturated rings. The molecule has 0 unspecified atom stereocenters. The lowest BCUT2D eigenvalue weighted by atomic mass is 10.3. The Morgan fingerprint density at radius 1 is 1.53 bits per heavy atom. The summed E-state index contributed by atoms with van der Waals surface area (Å²) in [6, 6.07) is 3.58. The van der Waals surface area contributed by atoms with Crippen LogP contribution in [0.3, 0.4) is 0 Å². The third-order valence-corrected chi connectivity index (χ3v) is 3.79. The maximum absolute atomic E-state index is 11.0. The van der Waals surface area contributed by atoms with Crippen molar-refractivity contribution in [3.63, 3.8) is 0 Å². The van der Waals surface area contributed by atoms with E-state index in [-0.39, 0.29) is 5.91 Å². The quantitative estimate of drug-likeness (QED) is 0.798. The van der Waals surface area contributed by atoms with E-state index in [9.17, 15) is 4.79 Å². The van der Waals surface area contributed by atoms with Gasteiger partial charge in [-0.3, -0.25) is 4.79 Å². The Labute approximate surface area is 107 Å². The Kier molecular flexibility index (Phi) is 3.22. The number of ether oxygens (including phenoxy) is 1. The first-order valence-corrected chi connectivity index (χ1v) is 6.11. The fourth-order valence-electron chi connectivity index (χ4n) is 1.59. The molecule has 1 amide bonds. The van der Waals surface area contributed by atoms with E-state index < -0.39 is 0 Å². The van der Waals surface area contributed by atoms with E-state index in [1.54, 1.807) is 23.8 Å². The van der Waals surface area contributed by atoms with Crippen LogP contribution in [0.1, 0.15) is 6.92 Å². The largest absolute Gasteiger partial charge is 0.495 e. The molecule has 4 nitrogen and oxygen atoms in total. The molecule has 2 aromatic rings. The van der Waals surface area contributed by atoms with E-state index in [1.807, 2.05) is 7.05 Å². The highest BCUT2D eigenvalue weighted by molar-refractivity contribution is 7.17. The summed E-state index contributed by atoms with van der Waals surface area (Å²) in [7, 11) is 3.43. The number of carbonyl (C=O) groups excluding carboxylic acids is 1. The second-order valence-corrected chi connectivity index (χ2v) is 4.89. The monoisotopic (exact) mass is 270 g/mol. The van der Waals surface area contributed by atoms with Gasteiger partial charge in [-0.2, -0.15) is 4.99 Å². The Balaban J connectivity index is 2.90. The molecule has 0 atom stereocenters. The van der Waals surface area contributed by atoms with Crippen LogP contribution < -0.4 is 9.54 Å². The molecule has 0 spiro atoms. The number of benzene rings is 1. The molecule has 6 heteroatoms. The number of hydrogen-bond acceptors (Lipinski definition) is 3. The Morgan fingerprint density at radius 2 is 2.24 bits per heavy atom. The third kappa shape index (κ3) is 2.08. The first-order chi connectivity index (χ1) is 8.04. The van der Waals surface area contributed by atoms with Crippen molar-refractivity contribution < 1.29 is 9.53 Å². The molecule has 0 saturated carbocycles. The van der Waals surface area contributed by atoms with Gasteiger partial charge in [-0.25, -0.2) is 0 Å². The molecule has 17 heavy (non-hydrogen) atoms. The minimum absolute atomic E-state index is 0.234. The first kappa shape index (κ1) is 12.1. The first-order valence-electron chi connectivity index (χ1n) is 4.92. The number of rotatable bonds is 1. The van der Waals surface area contributed by atoms with Crippen molar-refractivity contribution in [3.8, 4) is 5.75 Å². The van der Waals surface area contributed by atoms with Crippen LogP contribution in [0.25, 0.3) is 10.2 Å². The highest BCUT2D eigenvalue weighted by Gasteiger charge is 2.11. The zero-order chi connectivity index (χ0) is 12.6. The van der Waals surface area contributed by atoms with Crippen LogP contribution in [-0.4, -0.2) is 17.6 Å². The fraction of sp³-hybridized carbons (Fsp3) is 0.273. The highest BCUT2D eigenvalue weighted by Crippen LogP contribution is 2.32. The van der Waals surface area contributed by atoms with E-state index >= 15 is 0 Å². The lowest BCUT2D eigenvalue weighted by Crippen LogP contribution is -2.11. The Bertz CT molecular complexity index is 657. The molecule has 0 aliphatic carbocycles. The molecule has 0 bridgehead atoms. The zero-order valence-electron chi connectivity index (χ0n) is 9.65. The summed E-state index contributed by atoms with van der Waals surface area (Å²) in [5.74, 6) is 0.497. The Morgan fingerprint density at radius 3 is 2.82 bits per heavy atom. The topological polar surface area (TPSA) is 43.6 Å². The number of aromatic nitrogens is 1. The van der Waals surface area contributed by atoms with Gasteiger partial charge in [-0.1, -0.05) is 22.9 Å². The van der Waals surface area contributed by atoms with E-state index in [4.69, 9.17) is 16.3 Å². The van der Waals surface area contributed by atoms with E-state index in [1.165, 1.54) is 18.3 Å². The molecule has 0 aliphatic heterocycles. The van der Waals surface area contributed by atoms with Gasteiger partial charge in [-0.15, -0.1) is 0 Å². The van der Waals surface area contributed by atoms with Gasteiger partial charge < -0.3 is 9.30 Å². The van der Waals surface area contributed by atoms with Crippen molar-refractivity contribution in [1.82, 2.24) is 4.57 Å². The SMILES string of the molecule is COc1ccc(Cl)c2c1sc(=NC(C)=O)n2C. The second-order valence-electron chi connectivity index (χ2n) is 3.50. The van der Waals surface area contributed by atoms with Crippen LogP contribution in [0.5, 0.6) is 5.75 Å². The second kappa shape index (κ2) is 4.50. The van der Waals surface area contributed by atoms with Gasteiger partial charge in [-0.05, 0) is 12.1 Å². The molecule has 1 aromatic heterocycles. The maximum atomic E-state index is 11.0. The van der Waals surface area contributed by atoms with E-state index in [0.717, 1.165) is 16.0 Å². The smallest absolute Gasteiger partial charge is 0.245 e. The highest BCUT2D eigenvalue weighted by atomic mass is 35.5. The molecule has 0 saturated heterocycles. The van der Waals surface area contributed by atoms with Crippen LogP contribution in [0, 0.1) is 0 Å². The van der Waals surface area contributed by atoms with Gasteiger partial charge in [0.05, 0.1) is 22.3 Å². The minimum atomic E-state index is -0.234. The van der Waals surface area contributed by atoms with Crippen LogP contribution in [0.2, 0.25) is 5.02 Å². The Hall–Kier alpha value is -1.33. The van der Waals surface area contributed by atoms with E-state index in [2.05, 4.69) is 4.99 Å². The molecule has 1 aromatic carbocycles. The summed E-state index contributed by atoms with van der Waals surface area (Å²) in [5, 5.41) is 0.615. The summed E-state index contributed by atoms with van der Waals surface area (Å²) < 4.78 is 7.96. The number of fused-ring (bicyclic) bond motifs is 1. The number of aryl methyl sites for hydroxylation is 1. The average Bonchev–Trinajstić information content (AvgIpc) is 2.57. The predicted molar refractivity (Wildman–Crippen MR) is 68.6 cm³/mol. The fourth-order valence-corrected chi connectivity index (χ4v) is 3.11. The normalized spacial score (nSPS) is 12.1. The summed E-state index contributed by atoms with van der Waals surface area (Å²) in [5.41, 5.74) is 0.830. The lowest BCUT2D eigenvalue weighted by molar-refractivity contribution is -0.116. The number of halogens is 1. The number of nitrogens with zero attached hydrogens (tertiary/aromatic N) is 2. The van der Waals surface area contributed by atoms with Crippen LogP contribution >= 0.6 is 22.9 Å². The van der Waals surface area contributed by atoms with Crippen molar-refractivity contribution in [3.05, 3.63) is 22.0 Å². The molecule has 0 aliphatic rings. The third-order valence-electron chi connectivity index (χ3n) is 2.33. The number of methoxy groups -OCH3 is 1. The van der Waals surface area contributed by atoms with Crippen LogP contribution in [0.15, 0.2) is 17.1 Å². The molecule has 1 heterocycles. The van der Waals surface area contributed by atoms with Crippen molar-refractivity contribution in [2.24, 2.45) is 12.0 Å². The number of amides is 1. The van der Waals surface area contributed by atoms with Gasteiger partial charge in [0.15, 0.2) is 4.80 Å². The molecular weight excluding hydrogens is 260 g/mol. The van der Waals surface area contributed by atoms with Crippen molar-refractivity contribution in [2.75, 3.05) is 7.11 Å². The van der Waals surface area contributed by atoms with Crippen molar-refractivity contribution in [2.45, 2.75) is 6.92 Å². The van der Waals surface area contributed by atoms with Crippen LogP contribution in [0.4, 0.5) is 0 Å². The van der Waals surface area contributed by atoms with Gasteiger partial charge in [0, 0.05) is 14.0 Å². The van der Waals surface area contributed by atoms with Crippen molar-refractivity contribution >= 4 is 39.1 Å². The van der Waals surface area contributed by atoms with Gasteiger partial charge in [0.2, 0.25) is 5.91 Å².